The van der Waals surface area contributed by atoms with Gasteiger partial charge in [-0.1, -0.05) is 36.4 Å². The van der Waals surface area contributed by atoms with Gasteiger partial charge < -0.3 is 9.80 Å². The number of hydrogen-bond acceptors (Lipinski definition) is 5. The van der Waals surface area contributed by atoms with E-state index in [0.717, 1.165) is 17.1 Å². The highest BCUT2D eigenvalue weighted by Gasteiger charge is 2.24. The summed E-state index contributed by atoms with van der Waals surface area (Å²) in [5.41, 5.74) is 2.20. The monoisotopic (exact) mass is 402 g/mol. The highest BCUT2D eigenvalue weighted by atomic mass is 19.1. The van der Waals surface area contributed by atoms with E-state index in [0.29, 0.717) is 37.5 Å². The van der Waals surface area contributed by atoms with Crippen LogP contribution < -0.4 is 4.90 Å². The summed E-state index contributed by atoms with van der Waals surface area (Å²) in [5.74, 6) is 0.858. The second kappa shape index (κ2) is 7.55. The van der Waals surface area contributed by atoms with Crippen molar-refractivity contribution in [2.45, 2.75) is 0 Å². The zero-order valence-electron chi connectivity index (χ0n) is 16.1. The van der Waals surface area contributed by atoms with E-state index in [4.69, 9.17) is 0 Å². The van der Waals surface area contributed by atoms with Crippen LogP contribution in [0.4, 0.5) is 10.2 Å². The lowest BCUT2D eigenvalue weighted by Gasteiger charge is -2.36. The first kappa shape index (κ1) is 18.2. The number of anilines is 1. The van der Waals surface area contributed by atoms with E-state index >= 15 is 0 Å². The van der Waals surface area contributed by atoms with E-state index in [1.54, 1.807) is 21.5 Å². The molecule has 1 fully saturated rings. The van der Waals surface area contributed by atoms with Gasteiger partial charge in [-0.3, -0.25) is 4.79 Å². The maximum Gasteiger partial charge on any atom is 0.254 e. The number of carbonyl (C=O) groups is 1. The maximum absolute atomic E-state index is 13.5. The lowest BCUT2D eigenvalue weighted by Crippen LogP contribution is -2.49. The molecule has 150 valence electrons. The van der Waals surface area contributed by atoms with E-state index in [9.17, 15) is 9.18 Å². The summed E-state index contributed by atoms with van der Waals surface area (Å²) < 4.78 is 15.2. The number of carbonyl (C=O) groups excluding carboxylic acids is 1. The topological polar surface area (TPSA) is 66.6 Å². The third-order valence-corrected chi connectivity index (χ3v) is 5.27. The predicted molar refractivity (Wildman–Crippen MR) is 111 cm³/mol. The van der Waals surface area contributed by atoms with Gasteiger partial charge in [0, 0.05) is 43.4 Å². The van der Waals surface area contributed by atoms with Gasteiger partial charge in [0.1, 0.15) is 18.0 Å². The van der Waals surface area contributed by atoms with Crippen molar-refractivity contribution in [3.05, 3.63) is 78.4 Å². The van der Waals surface area contributed by atoms with Gasteiger partial charge >= 0.3 is 0 Å². The fourth-order valence-corrected chi connectivity index (χ4v) is 3.72. The third-order valence-electron chi connectivity index (χ3n) is 5.27. The molecule has 1 aliphatic rings. The smallest absolute Gasteiger partial charge is 0.254 e. The summed E-state index contributed by atoms with van der Waals surface area (Å²) in [6.07, 6.45) is 1.49. The van der Waals surface area contributed by atoms with Gasteiger partial charge in [-0.25, -0.2) is 9.37 Å². The molecule has 0 radical (unpaired) electrons. The van der Waals surface area contributed by atoms with Crippen LogP contribution in [0.3, 0.4) is 0 Å². The fraction of sp³-hybridized carbons (Fsp3) is 0.182. The number of fused-ring (bicyclic) bond motifs is 1. The number of hydrogen-bond donors (Lipinski definition) is 0. The Balaban J connectivity index is 1.40. The summed E-state index contributed by atoms with van der Waals surface area (Å²) in [5, 5.41) is 4.32. The first-order valence-corrected chi connectivity index (χ1v) is 9.75. The van der Waals surface area contributed by atoms with Crippen LogP contribution in [0.5, 0.6) is 0 Å². The zero-order chi connectivity index (χ0) is 20.5. The molecule has 3 heterocycles. The van der Waals surface area contributed by atoms with Gasteiger partial charge in [0.2, 0.25) is 0 Å². The Morgan fingerprint density at radius 3 is 2.50 bits per heavy atom. The van der Waals surface area contributed by atoms with Crippen molar-refractivity contribution in [3.63, 3.8) is 0 Å². The summed E-state index contributed by atoms with van der Waals surface area (Å²) in [6, 6.07) is 17.8. The number of halogens is 1. The Morgan fingerprint density at radius 2 is 1.73 bits per heavy atom. The lowest BCUT2D eigenvalue weighted by atomic mass is 10.1. The van der Waals surface area contributed by atoms with Crippen LogP contribution in [-0.2, 0) is 0 Å². The molecule has 30 heavy (non-hydrogen) atoms. The second-order valence-corrected chi connectivity index (χ2v) is 7.13. The molecule has 7 nitrogen and oxygen atoms in total. The summed E-state index contributed by atoms with van der Waals surface area (Å²) in [7, 11) is 0. The highest BCUT2D eigenvalue weighted by molar-refractivity contribution is 5.94. The molecule has 2 aromatic carbocycles. The van der Waals surface area contributed by atoms with Crippen LogP contribution >= 0.6 is 0 Å². The molecule has 0 unspecified atom stereocenters. The third kappa shape index (κ3) is 3.36. The first-order valence-electron chi connectivity index (χ1n) is 9.75. The van der Waals surface area contributed by atoms with Gasteiger partial charge in [0.05, 0.1) is 5.69 Å². The zero-order valence-corrected chi connectivity index (χ0v) is 16.1. The minimum Gasteiger partial charge on any atom is -0.353 e. The Hall–Kier alpha value is -3.81. The number of amides is 1. The fourth-order valence-electron chi connectivity index (χ4n) is 3.72. The van der Waals surface area contributed by atoms with E-state index in [-0.39, 0.29) is 5.91 Å². The Bertz CT molecular complexity index is 1200. The average molecular weight is 402 g/mol. The van der Waals surface area contributed by atoms with Crippen LogP contribution in [0, 0.1) is 5.82 Å². The molecule has 0 saturated carbocycles. The minimum atomic E-state index is -0.404. The largest absolute Gasteiger partial charge is 0.353 e. The van der Waals surface area contributed by atoms with Crippen LogP contribution in [-0.4, -0.2) is 56.6 Å². The molecule has 4 aromatic rings. The summed E-state index contributed by atoms with van der Waals surface area (Å²) in [6.45, 7) is 2.34. The molecule has 0 N–H and O–H groups in total. The van der Waals surface area contributed by atoms with Gasteiger partial charge in [-0.15, -0.1) is 0 Å². The lowest BCUT2D eigenvalue weighted by molar-refractivity contribution is 0.0746. The predicted octanol–water partition coefficient (Wildman–Crippen LogP) is 2.89. The Kier molecular flexibility index (Phi) is 4.59. The van der Waals surface area contributed by atoms with E-state index in [2.05, 4.69) is 20.0 Å². The number of benzene rings is 2. The van der Waals surface area contributed by atoms with Crippen LogP contribution in [0.2, 0.25) is 0 Å². The maximum atomic E-state index is 13.5. The number of nitrogens with zero attached hydrogens (tertiary/aromatic N) is 6. The number of piperazine rings is 1. The van der Waals surface area contributed by atoms with Crippen LogP contribution in [0.25, 0.3) is 17.0 Å². The number of rotatable bonds is 3. The molecule has 1 saturated heterocycles. The number of aromatic nitrogens is 4. The molecule has 0 spiro atoms. The normalized spacial score (nSPS) is 14.3. The average Bonchev–Trinajstić information content (AvgIpc) is 3.27. The van der Waals surface area contributed by atoms with E-state index in [1.165, 1.54) is 18.5 Å². The molecule has 0 aliphatic carbocycles. The molecule has 0 atom stereocenters. The Labute approximate surface area is 172 Å². The van der Waals surface area contributed by atoms with E-state index in [1.807, 2.05) is 36.4 Å². The van der Waals surface area contributed by atoms with Gasteiger partial charge in [0.25, 0.3) is 11.7 Å². The molecular formula is C22H19FN6O. The second-order valence-electron chi connectivity index (χ2n) is 7.13. The van der Waals surface area contributed by atoms with Gasteiger partial charge in [-0.05, 0) is 18.2 Å². The van der Waals surface area contributed by atoms with E-state index < -0.39 is 5.82 Å². The molecule has 1 aliphatic heterocycles. The van der Waals surface area contributed by atoms with Crippen molar-refractivity contribution in [2.75, 3.05) is 31.1 Å². The highest BCUT2D eigenvalue weighted by Crippen LogP contribution is 2.24. The molecule has 0 bridgehead atoms. The molecular weight excluding hydrogens is 383 g/mol. The van der Waals surface area contributed by atoms with Crippen LogP contribution in [0.15, 0.2) is 67.0 Å². The summed E-state index contributed by atoms with van der Waals surface area (Å²) >= 11 is 0. The molecule has 8 heteroatoms. The molecule has 1 amide bonds. The first-order chi connectivity index (χ1) is 14.7. The standard InChI is InChI=1S/C22H19FN6O/c23-18-8-4-7-17(13-18)21(30)28-11-9-27(10-12-28)20-14-19(16-5-2-1-3-6-16)26-22-24-15-25-29(20)22/h1-8,13-15H,9-12H2. The van der Waals surface area contributed by atoms with Crippen LogP contribution in [0.1, 0.15) is 10.4 Å². The minimum absolute atomic E-state index is 0.153. The van der Waals surface area contributed by atoms with Crippen molar-refractivity contribution < 1.29 is 9.18 Å². The van der Waals surface area contributed by atoms with Crippen molar-refractivity contribution >= 4 is 17.5 Å². The van der Waals surface area contributed by atoms with Crippen molar-refractivity contribution in [1.82, 2.24) is 24.5 Å². The molecule has 2 aromatic heterocycles. The summed E-state index contributed by atoms with van der Waals surface area (Å²) in [4.78, 5) is 25.5. The molecule has 5 rings (SSSR count). The van der Waals surface area contributed by atoms with Gasteiger partial charge in [0.15, 0.2) is 0 Å². The SMILES string of the molecule is O=C(c1cccc(F)c1)N1CCN(c2cc(-c3ccccc3)nc3ncnn23)CC1. The van der Waals surface area contributed by atoms with Gasteiger partial charge in [-0.2, -0.15) is 14.6 Å². The van der Waals surface area contributed by atoms with Crippen molar-refractivity contribution in [3.8, 4) is 11.3 Å². The van der Waals surface area contributed by atoms with Crippen molar-refractivity contribution in [2.24, 2.45) is 0 Å². The Morgan fingerprint density at radius 1 is 0.933 bits per heavy atom. The van der Waals surface area contributed by atoms with Crippen molar-refractivity contribution in [1.29, 1.82) is 0 Å². The quantitative estimate of drug-likeness (QED) is 0.527.